The highest BCUT2D eigenvalue weighted by atomic mass is 32.2. The number of benzene rings is 1. The van der Waals surface area contributed by atoms with Gasteiger partial charge >= 0.3 is 6.03 Å². The van der Waals surface area contributed by atoms with Gasteiger partial charge in [0.25, 0.3) is 0 Å². The fourth-order valence-electron chi connectivity index (χ4n) is 2.53. The minimum Gasteiger partial charge on any atom is -0.467 e. The molecular weight excluding hydrogens is 392 g/mol. The minimum absolute atomic E-state index is 0.00310. The Bertz CT molecular complexity index is 924. The van der Waals surface area contributed by atoms with E-state index in [1.807, 2.05) is 12.1 Å². The number of aryl methyl sites for hydroxylation is 1. The van der Waals surface area contributed by atoms with Gasteiger partial charge in [0.2, 0.25) is 11.1 Å². The zero-order valence-electron chi connectivity index (χ0n) is 16.0. The van der Waals surface area contributed by atoms with Crippen LogP contribution in [0.5, 0.6) is 0 Å². The lowest BCUT2D eigenvalue weighted by atomic mass is 10.1. The molecule has 3 amide bonds. The molecule has 0 aliphatic rings. The van der Waals surface area contributed by atoms with Crippen molar-refractivity contribution in [3.05, 3.63) is 54.0 Å². The average molecular weight is 414 g/mol. The average Bonchev–Trinajstić information content (AvgIpc) is 3.41. The number of nitrogens with one attached hydrogen (secondary N) is 2. The Kier molecular flexibility index (Phi) is 7.40. The molecule has 0 aliphatic carbocycles. The first kappa shape index (κ1) is 20.6. The lowest BCUT2D eigenvalue weighted by molar-refractivity contribution is -0.117. The SMILES string of the molecule is CCCCc1ccc(-n2nnnc2SCC(=O)NC(=O)NCc2ccco2)cc1. The molecule has 1 aromatic carbocycles. The Morgan fingerprint density at radius 2 is 2.03 bits per heavy atom. The summed E-state index contributed by atoms with van der Waals surface area (Å²) in [5.41, 5.74) is 2.08. The molecule has 10 heteroatoms. The monoisotopic (exact) mass is 414 g/mol. The second-order valence-electron chi connectivity index (χ2n) is 6.24. The summed E-state index contributed by atoms with van der Waals surface area (Å²) in [5.74, 6) is 0.154. The fraction of sp³-hybridized carbons (Fsp3) is 0.316. The van der Waals surface area contributed by atoms with Gasteiger partial charge < -0.3 is 9.73 Å². The largest absolute Gasteiger partial charge is 0.467 e. The fourth-order valence-corrected chi connectivity index (χ4v) is 3.22. The van der Waals surface area contributed by atoms with Crippen molar-refractivity contribution in [3.8, 4) is 5.69 Å². The maximum Gasteiger partial charge on any atom is 0.321 e. The van der Waals surface area contributed by atoms with E-state index in [0.29, 0.717) is 10.9 Å². The first-order valence-electron chi connectivity index (χ1n) is 9.26. The van der Waals surface area contributed by atoms with Crippen molar-refractivity contribution in [2.75, 3.05) is 5.75 Å². The van der Waals surface area contributed by atoms with E-state index in [9.17, 15) is 9.59 Å². The Labute approximate surface area is 172 Å². The predicted octanol–water partition coefficient (Wildman–Crippen LogP) is 2.72. The normalized spacial score (nSPS) is 10.7. The molecule has 0 saturated heterocycles. The van der Waals surface area contributed by atoms with Gasteiger partial charge in [0.15, 0.2) is 0 Å². The van der Waals surface area contributed by atoms with Crippen LogP contribution in [0.4, 0.5) is 4.79 Å². The number of tetrazole rings is 1. The number of nitrogens with zero attached hydrogens (tertiary/aromatic N) is 4. The number of hydrogen-bond acceptors (Lipinski definition) is 7. The number of rotatable bonds is 9. The molecule has 0 spiro atoms. The number of imide groups is 1. The van der Waals surface area contributed by atoms with Crippen molar-refractivity contribution < 1.29 is 14.0 Å². The third kappa shape index (κ3) is 6.18. The summed E-state index contributed by atoms with van der Waals surface area (Å²) in [6.07, 6.45) is 4.85. The van der Waals surface area contributed by atoms with Crippen LogP contribution in [0.1, 0.15) is 31.1 Å². The molecule has 0 atom stereocenters. The van der Waals surface area contributed by atoms with Gasteiger partial charge in [-0.25, -0.2) is 4.79 Å². The van der Waals surface area contributed by atoms with Gasteiger partial charge in [0, 0.05) is 0 Å². The first-order valence-corrected chi connectivity index (χ1v) is 10.2. The Hall–Kier alpha value is -3.14. The number of unbranched alkanes of at least 4 members (excludes halogenated alkanes) is 1. The van der Waals surface area contributed by atoms with E-state index in [1.54, 1.807) is 16.8 Å². The molecule has 0 saturated carbocycles. The van der Waals surface area contributed by atoms with Crippen LogP contribution in [0.15, 0.2) is 52.2 Å². The summed E-state index contributed by atoms with van der Waals surface area (Å²) in [6.45, 7) is 2.36. The van der Waals surface area contributed by atoms with E-state index in [4.69, 9.17) is 4.42 Å². The van der Waals surface area contributed by atoms with Crippen LogP contribution >= 0.6 is 11.8 Å². The zero-order valence-corrected chi connectivity index (χ0v) is 16.8. The van der Waals surface area contributed by atoms with Crippen LogP contribution in [0.3, 0.4) is 0 Å². The molecule has 152 valence electrons. The van der Waals surface area contributed by atoms with Gasteiger partial charge in [-0.15, -0.1) is 5.10 Å². The number of aromatic nitrogens is 4. The van der Waals surface area contributed by atoms with Crippen molar-refractivity contribution in [1.82, 2.24) is 30.8 Å². The number of thioether (sulfide) groups is 1. The molecule has 29 heavy (non-hydrogen) atoms. The molecular formula is C19H22N6O3S. The maximum atomic E-state index is 12.0. The lowest BCUT2D eigenvalue weighted by Gasteiger charge is -2.07. The molecule has 2 aromatic heterocycles. The standard InChI is InChI=1S/C19H22N6O3S/c1-2-3-5-14-7-9-15(10-8-14)25-19(22-23-24-25)29-13-17(26)21-18(27)20-12-16-6-4-11-28-16/h4,6-11H,2-3,5,12-13H2,1H3,(H2,20,21,26,27). The molecule has 3 aromatic rings. The number of urea groups is 1. The van der Waals surface area contributed by atoms with Gasteiger partial charge in [-0.3, -0.25) is 10.1 Å². The van der Waals surface area contributed by atoms with Crippen LogP contribution in [0.2, 0.25) is 0 Å². The van der Waals surface area contributed by atoms with Crippen LogP contribution in [0.25, 0.3) is 5.69 Å². The molecule has 0 unspecified atom stereocenters. The molecule has 3 rings (SSSR count). The zero-order chi connectivity index (χ0) is 20.5. The van der Waals surface area contributed by atoms with E-state index in [0.717, 1.165) is 36.7 Å². The third-order valence-corrected chi connectivity index (χ3v) is 4.95. The predicted molar refractivity (Wildman–Crippen MR) is 108 cm³/mol. The lowest BCUT2D eigenvalue weighted by Crippen LogP contribution is -2.39. The summed E-state index contributed by atoms with van der Waals surface area (Å²) in [7, 11) is 0. The molecule has 2 N–H and O–H groups in total. The molecule has 0 bridgehead atoms. The third-order valence-electron chi connectivity index (χ3n) is 4.03. The van der Waals surface area contributed by atoms with Gasteiger partial charge in [0.05, 0.1) is 24.2 Å². The molecule has 9 nitrogen and oxygen atoms in total. The number of carbonyl (C=O) groups excluding carboxylic acids is 2. The van der Waals surface area contributed by atoms with Crippen molar-refractivity contribution in [1.29, 1.82) is 0 Å². The Morgan fingerprint density at radius 3 is 2.76 bits per heavy atom. The van der Waals surface area contributed by atoms with Crippen molar-refractivity contribution in [2.24, 2.45) is 0 Å². The Balaban J connectivity index is 1.49. The topological polar surface area (TPSA) is 115 Å². The van der Waals surface area contributed by atoms with E-state index >= 15 is 0 Å². The molecule has 2 heterocycles. The van der Waals surface area contributed by atoms with Gasteiger partial charge in [-0.05, 0) is 53.1 Å². The summed E-state index contributed by atoms with van der Waals surface area (Å²) in [5, 5.41) is 16.9. The van der Waals surface area contributed by atoms with Gasteiger partial charge in [-0.1, -0.05) is 37.2 Å². The van der Waals surface area contributed by atoms with Crippen molar-refractivity contribution in [3.63, 3.8) is 0 Å². The van der Waals surface area contributed by atoms with Crippen LogP contribution < -0.4 is 10.6 Å². The quantitative estimate of drug-likeness (QED) is 0.517. The molecule has 0 radical (unpaired) electrons. The molecule has 0 aliphatic heterocycles. The van der Waals surface area contributed by atoms with E-state index < -0.39 is 11.9 Å². The Morgan fingerprint density at radius 1 is 1.21 bits per heavy atom. The van der Waals surface area contributed by atoms with Gasteiger partial charge in [0.1, 0.15) is 5.76 Å². The highest BCUT2D eigenvalue weighted by Crippen LogP contribution is 2.18. The smallest absolute Gasteiger partial charge is 0.321 e. The highest BCUT2D eigenvalue weighted by Gasteiger charge is 2.13. The number of furan rings is 1. The summed E-state index contributed by atoms with van der Waals surface area (Å²) in [6, 6.07) is 10.9. The molecule has 0 fully saturated rings. The highest BCUT2D eigenvalue weighted by molar-refractivity contribution is 7.99. The second-order valence-corrected chi connectivity index (χ2v) is 7.18. The summed E-state index contributed by atoms with van der Waals surface area (Å²) >= 11 is 1.15. The van der Waals surface area contributed by atoms with Crippen LogP contribution in [-0.4, -0.2) is 37.9 Å². The van der Waals surface area contributed by atoms with Crippen molar-refractivity contribution in [2.45, 2.75) is 37.9 Å². The summed E-state index contributed by atoms with van der Waals surface area (Å²) < 4.78 is 6.68. The number of amides is 3. The van der Waals surface area contributed by atoms with Crippen LogP contribution in [-0.2, 0) is 17.8 Å². The number of hydrogen-bond donors (Lipinski definition) is 2. The van der Waals surface area contributed by atoms with Gasteiger partial charge in [-0.2, -0.15) is 4.68 Å². The van der Waals surface area contributed by atoms with E-state index in [2.05, 4.69) is 45.2 Å². The van der Waals surface area contributed by atoms with E-state index in [1.165, 1.54) is 11.8 Å². The summed E-state index contributed by atoms with van der Waals surface area (Å²) in [4.78, 5) is 23.8. The van der Waals surface area contributed by atoms with Crippen LogP contribution in [0, 0.1) is 0 Å². The minimum atomic E-state index is -0.589. The van der Waals surface area contributed by atoms with E-state index in [-0.39, 0.29) is 12.3 Å². The number of carbonyl (C=O) groups is 2. The van der Waals surface area contributed by atoms with Crippen molar-refractivity contribution >= 4 is 23.7 Å². The maximum absolute atomic E-state index is 12.0. The first-order chi connectivity index (χ1) is 14.2. The second kappa shape index (κ2) is 10.4.